The number of rotatable bonds is 5. The summed E-state index contributed by atoms with van der Waals surface area (Å²) in [4.78, 5) is 12.3. The predicted molar refractivity (Wildman–Crippen MR) is 90.8 cm³/mol. The van der Waals surface area contributed by atoms with Gasteiger partial charge in [0.1, 0.15) is 22.8 Å². The summed E-state index contributed by atoms with van der Waals surface area (Å²) in [6.07, 6.45) is 1.24. The number of amides is 1. The topological polar surface area (TPSA) is 75.4 Å². The van der Waals surface area contributed by atoms with Crippen LogP contribution >= 0.6 is 0 Å². The van der Waals surface area contributed by atoms with Gasteiger partial charge >= 0.3 is 0 Å². The van der Waals surface area contributed by atoms with E-state index in [-0.39, 0.29) is 11.7 Å². The number of aromatic nitrogens is 1. The molecule has 2 aromatic carbocycles. The molecule has 5 nitrogen and oxygen atoms in total. The average Bonchev–Trinajstić information content (AvgIpc) is 3.05. The van der Waals surface area contributed by atoms with Crippen molar-refractivity contribution in [2.45, 2.75) is 12.8 Å². The van der Waals surface area contributed by atoms with Crippen LogP contribution in [0.25, 0.3) is 11.3 Å². The van der Waals surface area contributed by atoms with E-state index in [4.69, 9.17) is 4.52 Å². The molecule has 122 valence electrons. The first-order valence-corrected chi connectivity index (χ1v) is 7.73. The molecule has 3 aromatic rings. The highest BCUT2D eigenvalue weighted by Crippen LogP contribution is 2.26. The van der Waals surface area contributed by atoms with Crippen LogP contribution < -0.4 is 5.32 Å². The molecular weight excluding hydrogens is 304 g/mol. The van der Waals surface area contributed by atoms with Crippen molar-refractivity contribution in [3.8, 4) is 17.0 Å². The highest BCUT2D eigenvalue weighted by molar-refractivity contribution is 6.00. The van der Waals surface area contributed by atoms with Gasteiger partial charge in [0.05, 0.1) is 0 Å². The fourth-order valence-corrected chi connectivity index (χ4v) is 2.57. The zero-order valence-corrected chi connectivity index (χ0v) is 13.3. The Labute approximate surface area is 139 Å². The van der Waals surface area contributed by atoms with Crippen LogP contribution in [0.4, 0.5) is 0 Å². The van der Waals surface area contributed by atoms with Gasteiger partial charge in [0.25, 0.3) is 5.91 Å². The molecule has 0 spiro atoms. The number of benzene rings is 2. The molecule has 0 saturated carbocycles. The monoisotopic (exact) mass is 322 g/mol. The Bertz CT molecular complexity index is 824. The number of aromatic hydroxyl groups is 1. The number of hydrogen-bond donors (Lipinski definition) is 2. The van der Waals surface area contributed by atoms with E-state index in [2.05, 4.69) is 10.5 Å². The summed E-state index contributed by atoms with van der Waals surface area (Å²) in [7, 11) is 1.59. The normalized spacial score (nSPS) is 10.5. The molecule has 0 unspecified atom stereocenters. The van der Waals surface area contributed by atoms with Gasteiger partial charge in [0.15, 0.2) is 0 Å². The van der Waals surface area contributed by atoms with Gasteiger partial charge in [-0.2, -0.15) is 0 Å². The van der Waals surface area contributed by atoms with Crippen LogP contribution in [0.2, 0.25) is 0 Å². The Hall–Kier alpha value is -3.08. The third kappa shape index (κ3) is 3.30. The maximum Gasteiger partial charge on any atom is 0.256 e. The number of hydrogen-bond acceptors (Lipinski definition) is 4. The zero-order valence-electron chi connectivity index (χ0n) is 13.3. The van der Waals surface area contributed by atoms with Crippen LogP contribution in [0.1, 0.15) is 21.7 Å². The van der Waals surface area contributed by atoms with E-state index in [1.165, 1.54) is 0 Å². The Morgan fingerprint density at radius 3 is 2.46 bits per heavy atom. The third-order valence-corrected chi connectivity index (χ3v) is 3.84. The van der Waals surface area contributed by atoms with Crippen molar-refractivity contribution >= 4 is 5.91 Å². The predicted octanol–water partition coefficient (Wildman–Crippen LogP) is 3.19. The van der Waals surface area contributed by atoms with Crippen molar-refractivity contribution in [1.82, 2.24) is 10.5 Å². The average molecular weight is 322 g/mol. The quantitative estimate of drug-likeness (QED) is 0.756. The summed E-state index contributed by atoms with van der Waals surface area (Å²) in [6, 6.07) is 16.5. The van der Waals surface area contributed by atoms with E-state index in [9.17, 15) is 9.90 Å². The van der Waals surface area contributed by atoms with E-state index >= 15 is 0 Å². The molecule has 0 radical (unpaired) electrons. The van der Waals surface area contributed by atoms with Gasteiger partial charge in [-0.3, -0.25) is 4.79 Å². The number of phenolic OH excluding ortho intramolecular Hbond substituents is 1. The Morgan fingerprint density at radius 2 is 1.79 bits per heavy atom. The molecule has 1 amide bonds. The van der Waals surface area contributed by atoms with Crippen LogP contribution in [0.5, 0.6) is 5.75 Å². The van der Waals surface area contributed by atoms with Gasteiger partial charge in [-0.05, 0) is 24.1 Å². The summed E-state index contributed by atoms with van der Waals surface area (Å²) >= 11 is 0. The van der Waals surface area contributed by atoms with Crippen LogP contribution in [0, 0.1) is 0 Å². The van der Waals surface area contributed by atoms with Crippen molar-refractivity contribution in [1.29, 1.82) is 0 Å². The summed E-state index contributed by atoms with van der Waals surface area (Å²) < 4.78 is 5.46. The van der Waals surface area contributed by atoms with Crippen LogP contribution in [0.15, 0.2) is 59.1 Å². The number of nitrogens with zero attached hydrogens (tertiary/aromatic N) is 1. The van der Waals surface area contributed by atoms with E-state index in [0.29, 0.717) is 29.9 Å². The Morgan fingerprint density at radius 1 is 1.08 bits per heavy atom. The van der Waals surface area contributed by atoms with Gasteiger partial charge < -0.3 is 14.9 Å². The molecule has 2 N–H and O–H groups in total. The van der Waals surface area contributed by atoms with Gasteiger partial charge in [-0.25, -0.2) is 0 Å². The molecule has 0 atom stereocenters. The molecule has 24 heavy (non-hydrogen) atoms. The summed E-state index contributed by atoms with van der Waals surface area (Å²) in [5, 5.41) is 16.1. The van der Waals surface area contributed by atoms with Gasteiger partial charge in [0, 0.05) is 19.0 Å². The first kappa shape index (κ1) is 15.8. The van der Waals surface area contributed by atoms with Crippen molar-refractivity contribution < 1.29 is 14.4 Å². The number of nitrogens with one attached hydrogen (secondary N) is 1. The maximum atomic E-state index is 12.3. The molecule has 0 aliphatic rings. The van der Waals surface area contributed by atoms with E-state index < -0.39 is 0 Å². The molecule has 0 aliphatic carbocycles. The lowest BCUT2D eigenvalue weighted by Gasteiger charge is -2.04. The lowest BCUT2D eigenvalue weighted by atomic mass is 10.0. The van der Waals surface area contributed by atoms with E-state index in [0.717, 1.165) is 11.1 Å². The molecule has 1 heterocycles. The minimum absolute atomic E-state index is 0.212. The lowest BCUT2D eigenvalue weighted by Crippen LogP contribution is -2.19. The highest BCUT2D eigenvalue weighted by atomic mass is 16.5. The summed E-state index contributed by atoms with van der Waals surface area (Å²) in [5.74, 6) is 0.577. The van der Waals surface area contributed by atoms with Crippen LogP contribution in [-0.4, -0.2) is 23.2 Å². The number of carbonyl (C=O) groups excluding carboxylic acids is 1. The number of aryl methyl sites for hydroxylation is 2. The fourth-order valence-electron chi connectivity index (χ4n) is 2.57. The first-order chi connectivity index (χ1) is 11.7. The number of carbonyl (C=O) groups is 1. The molecule has 0 aliphatic heterocycles. The van der Waals surface area contributed by atoms with Crippen molar-refractivity contribution in [2.75, 3.05) is 7.05 Å². The molecule has 0 fully saturated rings. The summed E-state index contributed by atoms with van der Waals surface area (Å²) in [5.41, 5.74) is 2.92. The Balaban J connectivity index is 1.89. The molecule has 3 rings (SSSR count). The van der Waals surface area contributed by atoms with E-state index in [1.807, 2.05) is 42.5 Å². The maximum absolute atomic E-state index is 12.3. The van der Waals surface area contributed by atoms with Gasteiger partial charge in [0.2, 0.25) is 0 Å². The van der Waals surface area contributed by atoms with Crippen LogP contribution in [0.3, 0.4) is 0 Å². The van der Waals surface area contributed by atoms with Crippen molar-refractivity contribution in [3.05, 3.63) is 71.5 Å². The Kier molecular flexibility index (Phi) is 4.61. The largest absolute Gasteiger partial charge is 0.508 e. The SMILES string of the molecule is CNC(=O)c1c(-c2ccccc2)noc1CCc1ccc(O)cc1. The molecule has 0 saturated heterocycles. The molecule has 1 aromatic heterocycles. The fraction of sp³-hybridized carbons (Fsp3) is 0.158. The van der Waals surface area contributed by atoms with Gasteiger partial charge in [-0.15, -0.1) is 0 Å². The molecule has 0 bridgehead atoms. The minimum Gasteiger partial charge on any atom is -0.508 e. The smallest absolute Gasteiger partial charge is 0.256 e. The third-order valence-electron chi connectivity index (χ3n) is 3.84. The molecular formula is C19H18N2O3. The molecule has 5 heteroatoms. The number of phenols is 1. The first-order valence-electron chi connectivity index (χ1n) is 7.73. The van der Waals surface area contributed by atoms with Crippen LogP contribution in [-0.2, 0) is 12.8 Å². The van der Waals surface area contributed by atoms with Crippen molar-refractivity contribution in [3.63, 3.8) is 0 Å². The summed E-state index contributed by atoms with van der Waals surface area (Å²) in [6.45, 7) is 0. The second kappa shape index (κ2) is 7.00. The lowest BCUT2D eigenvalue weighted by molar-refractivity contribution is 0.0961. The van der Waals surface area contributed by atoms with Crippen molar-refractivity contribution in [2.24, 2.45) is 0 Å². The standard InChI is InChI=1S/C19H18N2O3/c1-20-19(23)17-16(12-9-13-7-10-15(22)11-8-13)24-21-18(17)14-5-3-2-4-6-14/h2-8,10-11,22H,9,12H2,1H3,(H,20,23). The van der Waals surface area contributed by atoms with E-state index in [1.54, 1.807) is 19.2 Å². The second-order valence-corrected chi connectivity index (χ2v) is 5.44. The minimum atomic E-state index is -0.212. The second-order valence-electron chi connectivity index (χ2n) is 5.44. The highest BCUT2D eigenvalue weighted by Gasteiger charge is 2.22. The zero-order chi connectivity index (χ0) is 16.9. The van der Waals surface area contributed by atoms with Gasteiger partial charge in [-0.1, -0.05) is 47.6 Å².